The van der Waals surface area contributed by atoms with Gasteiger partial charge in [-0.3, -0.25) is 0 Å². The average Bonchev–Trinajstić information content (AvgIpc) is 3.81. The van der Waals surface area contributed by atoms with Crippen LogP contribution in [0.4, 0.5) is 17.1 Å². The molecule has 0 aliphatic heterocycles. The Hall–Kier alpha value is -8.56. The first-order chi connectivity index (χ1) is 33.7. The summed E-state index contributed by atoms with van der Waals surface area (Å²) in [5.74, 6) is 0. The molecule has 0 saturated heterocycles. The van der Waals surface area contributed by atoms with E-state index in [-0.39, 0.29) is 0 Å². The van der Waals surface area contributed by atoms with E-state index in [1.165, 1.54) is 108 Å². The number of hydrogen-bond donors (Lipinski definition) is 0. The van der Waals surface area contributed by atoms with Gasteiger partial charge in [0, 0.05) is 31.5 Å². The second-order valence-corrected chi connectivity index (χ2v) is 18.7. The number of fused-ring (bicyclic) bond motifs is 6. The van der Waals surface area contributed by atoms with Gasteiger partial charge in [0.15, 0.2) is 0 Å². The van der Waals surface area contributed by atoms with Crippen molar-refractivity contribution >= 4 is 80.9 Å². The lowest BCUT2D eigenvalue weighted by molar-refractivity contribution is 1.31. The quantitative estimate of drug-likeness (QED) is 0.147. The molecule has 318 valence electrons. The highest BCUT2D eigenvalue weighted by atomic mass is 32.1. The molecule has 13 aromatic rings. The van der Waals surface area contributed by atoms with Gasteiger partial charge in [-0.1, -0.05) is 212 Å². The molecule has 0 atom stereocenters. The number of anilines is 3. The minimum Gasteiger partial charge on any atom is -0.310 e. The molecule has 0 saturated carbocycles. The fourth-order valence-electron chi connectivity index (χ4n) is 10.3. The fraction of sp³-hybridized carbons (Fsp3) is 0. The lowest BCUT2D eigenvalue weighted by Crippen LogP contribution is -2.10. The van der Waals surface area contributed by atoms with Crippen molar-refractivity contribution in [2.75, 3.05) is 4.90 Å². The van der Waals surface area contributed by atoms with Crippen LogP contribution in [0.2, 0.25) is 0 Å². The maximum Gasteiger partial charge on any atom is 0.0555 e. The van der Waals surface area contributed by atoms with E-state index in [1.54, 1.807) is 0 Å². The van der Waals surface area contributed by atoms with Crippen molar-refractivity contribution in [1.82, 2.24) is 0 Å². The van der Waals surface area contributed by atoms with E-state index < -0.39 is 0 Å². The highest BCUT2D eigenvalue weighted by molar-refractivity contribution is 7.26. The summed E-state index contributed by atoms with van der Waals surface area (Å²) in [5, 5.41) is 9.96. The van der Waals surface area contributed by atoms with Crippen molar-refractivity contribution in [1.29, 1.82) is 0 Å². The van der Waals surface area contributed by atoms with Gasteiger partial charge in [0.2, 0.25) is 0 Å². The summed E-state index contributed by atoms with van der Waals surface area (Å²) in [7, 11) is 0. The Morgan fingerprint density at radius 1 is 0.265 bits per heavy atom. The zero-order valence-corrected chi connectivity index (χ0v) is 38.0. The molecule has 0 spiro atoms. The highest BCUT2D eigenvalue weighted by Crippen LogP contribution is 2.49. The third kappa shape index (κ3) is 7.02. The second-order valence-electron chi connectivity index (χ2n) is 17.6. The Morgan fingerprint density at radius 2 is 0.750 bits per heavy atom. The summed E-state index contributed by atoms with van der Waals surface area (Å²) < 4.78 is 2.55. The maximum atomic E-state index is 2.46. The first-order valence-corrected chi connectivity index (χ1v) is 24.1. The number of rotatable bonds is 8. The lowest BCUT2D eigenvalue weighted by atomic mass is 9.91. The Labute approximate surface area is 400 Å². The first-order valence-electron chi connectivity index (χ1n) is 23.3. The van der Waals surface area contributed by atoms with Crippen LogP contribution >= 0.6 is 11.3 Å². The van der Waals surface area contributed by atoms with Crippen LogP contribution in [0, 0.1) is 0 Å². The Kier molecular flexibility index (Phi) is 9.77. The van der Waals surface area contributed by atoms with Gasteiger partial charge in [0.05, 0.1) is 5.69 Å². The van der Waals surface area contributed by atoms with Gasteiger partial charge in [-0.15, -0.1) is 11.3 Å². The standard InChI is InChI=1S/C66H43NS/c1-3-13-44(14-4-1)46-33-36-56(37-34-46)67(57-38-35-54-42-53(31-32-55(54)43-57)52-30-25-45-15-7-8-18-51(45)41-52)62-40-39-60(66-65(62)61-21-9-10-24-63(61)68-66)49-28-26-48(27-29-49)59-23-12-20-50-19-11-22-58(64(50)59)47-16-5-2-6-17-47/h1-43H. The number of nitrogens with zero attached hydrogens (tertiary/aromatic N) is 1. The van der Waals surface area contributed by atoms with Crippen LogP contribution < -0.4 is 4.90 Å². The summed E-state index contributed by atoms with van der Waals surface area (Å²) >= 11 is 1.88. The molecule has 68 heavy (non-hydrogen) atoms. The van der Waals surface area contributed by atoms with Crippen LogP contribution in [-0.4, -0.2) is 0 Å². The molecular weight excluding hydrogens is 839 g/mol. The molecular formula is C66H43NS. The van der Waals surface area contributed by atoms with Crippen molar-refractivity contribution in [2.45, 2.75) is 0 Å². The number of thiophene rings is 1. The highest BCUT2D eigenvalue weighted by Gasteiger charge is 2.22. The molecule has 0 amide bonds. The van der Waals surface area contributed by atoms with Crippen molar-refractivity contribution in [3.63, 3.8) is 0 Å². The van der Waals surface area contributed by atoms with Crippen molar-refractivity contribution < 1.29 is 0 Å². The maximum absolute atomic E-state index is 2.46. The van der Waals surface area contributed by atoms with E-state index in [0.717, 1.165) is 17.1 Å². The van der Waals surface area contributed by atoms with Crippen LogP contribution in [0.3, 0.4) is 0 Å². The van der Waals surface area contributed by atoms with E-state index in [0.29, 0.717) is 0 Å². The first kappa shape index (κ1) is 39.8. The van der Waals surface area contributed by atoms with Gasteiger partial charge in [-0.25, -0.2) is 0 Å². The second kappa shape index (κ2) is 16.7. The molecule has 0 N–H and O–H groups in total. The minimum absolute atomic E-state index is 1.11. The molecule has 0 fully saturated rings. The molecule has 12 aromatic carbocycles. The van der Waals surface area contributed by atoms with Gasteiger partial charge in [0.25, 0.3) is 0 Å². The van der Waals surface area contributed by atoms with E-state index >= 15 is 0 Å². The summed E-state index contributed by atoms with van der Waals surface area (Å²) in [6.07, 6.45) is 0. The van der Waals surface area contributed by atoms with Crippen molar-refractivity contribution in [3.8, 4) is 55.6 Å². The summed E-state index contributed by atoms with van der Waals surface area (Å²) in [6.45, 7) is 0. The Balaban J connectivity index is 0.945. The van der Waals surface area contributed by atoms with Gasteiger partial charge in [0.1, 0.15) is 0 Å². The van der Waals surface area contributed by atoms with Gasteiger partial charge in [-0.05, 0) is 136 Å². The monoisotopic (exact) mass is 881 g/mol. The Bertz CT molecular complexity index is 3990. The van der Waals surface area contributed by atoms with Crippen LogP contribution in [0.15, 0.2) is 261 Å². The van der Waals surface area contributed by atoms with E-state index in [2.05, 4.69) is 266 Å². The molecule has 0 aliphatic rings. The zero-order chi connectivity index (χ0) is 45.0. The van der Waals surface area contributed by atoms with Crippen molar-refractivity contribution in [2.24, 2.45) is 0 Å². The van der Waals surface area contributed by atoms with Crippen LogP contribution in [0.1, 0.15) is 0 Å². The predicted octanol–water partition coefficient (Wildman–Crippen LogP) is 19.3. The third-order valence-corrected chi connectivity index (χ3v) is 14.8. The normalized spacial score (nSPS) is 11.5. The smallest absolute Gasteiger partial charge is 0.0555 e. The molecule has 1 nitrogen and oxygen atoms in total. The van der Waals surface area contributed by atoms with Gasteiger partial charge >= 0.3 is 0 Å². The lowest BCUT2D eigenvalue weighted by Gasteiger charge is -2.27. The largest absolute Gasteiger partial charge is 0.310 e. The number of benzene rings is 12. The topological polar surface area (TPSA) is 3.24 Å². The van der Waals surface area contributed by atoms with Gasteiger partial charge in [-0.2, -0.15) is 0 Å². The molecule has 0 unspecified atom stereocenters. The summed E-state index contributed by atoms with van der Waals surface area (Å²) in [6, 6.07) is 95.7. The molecule has 0 aliphatic carbocycles. The average molecular weight is 882 g/mol. The molecule has 2 heteroatoms. The summed E-state index contributed by atoms with van der Waals surface area (Å²) in [5.41, 5.74) is 15.6. The van der Waals surface area contributed by atoms with E-state index in [9.17, 15) is 0 Å². The van der Waals surface area contributed by atoms with Crippen LogP contribution in [0.25, 0.3) is 108 Å². The van der Waals surface area contributed by atoms with Crippen molar-refractivity contribution in [3.05, 3.63) is 261 Å². The SMILES string of the molecule is c1ccc(-c2ccc(N(c3ccc4cc(-c5ccc6ccccc6c5)ccc4c3)c3ccc(-c4ccc(-c5cccc6cccc(-c7ccccc7)c56)cc4)c4sc5ccccc5c34)cc2)cc1. The molecule has 1 aromatic heterocycles. The minimum atomic E-state index is 1.11. The number of hydrogen-bond acceptors (Lipinski definition) is 2. The molecule has 13 rings (SSSR count). The molecule has 1 heterocycles. The fourth-order valence-corrected chi connectivity index (χ4v) is 11.5. The van der Waals surface area contributed by atoms with E-state index in [1.807, 2.05) is 11.3 Å². The van der Waals surface area contributed by atoms with Crippen LogP contribution in [-0.2, 0) is 0 Å². The zero-order valence-electron chi connectivity index (χ0n) is 37.2. The van der Waals surface area contributed by atoms with Gasteiger partial charge < -0.3 is 4.90 Å². The van der Waals surface area contributed by atoms with Crippen LogP contribution in [0.5, 0.6) is 0 Å². The third-order valence-electron chi connectivity index (χ3n) is 13.6. The predicted molar refractivity (Wildman–Crippen MR) is 294 cm³/mol. The summed E-state index contributed by atoms with van der Waals surface area (Å²) in [4.78, 5) is 2.46. The molecule has 0 bridgehead atoms. The van der Waals surface area contributed by atoms with E-state index in [4.69, 9.17) is 0 Å². The molecule has 0 radical (unpaired) electrons. The Morgan fingerprint density at radius 3 is 1.47 bits per heavy atom.